The molecule has 1 nitrogen and oxygen atoms in total. The highest BCUT2D eigenvalue weighted by atomic mass is 32.2. The monoisotopic (exact) mass is 255 g/mol. The van der Waals surface area contributed by atoms with E-state index < -0.39 is 0 Å². The summed E-state index contributed by atoms with van der Waals surface area (Å²) in [5.74, 6) is 0.873. The van der Waals surface area contributed by atoms with E-state index in [0.29, 0.717) is 0 Å². The quantitative estimate of drug-likeness (QED) is 0.589. The van der Waals surface area contributed by atoms with Gasteiger partial charge in [-0.25, -0.2) is 4.39 Å². The Morgan fingerprint density at radius 3 is 2.76 bits per heavy atom. The highest BCUT2D eigenvalue weighted by molar-refractivity contribution is 7.99. The standard InChI is InChI=1S/C14H22FNS/c1-3-5-9-17-14-11(10-12(16)4-2)7-6-8-13(14)15/h6-8,12H,3-5,9-10,16H2,1-2H3. The number of benzene rings is 1. The predicted molar refractivity (Wildman–Crippen MR) is 74.0 cm³/mol. The summed E-state index contributed by atoms with van der Waals surface area (Å²) in [6, 6.07) is 5.43. The molecule has 3 heteroatoms. The summed E-state index contributed by atoms with van der Waals surface area (Å²) in [6.07, 6.45) is 3.96. The highest BCUT2D eigenvalue weighted by Gasteiger charge is 2.11. The molecule has 1 rings (SSSR count). The minimum atomic E-state index is -0.105. The van der Waals surface area contributed by atoms with E-state index in [1.165, 1.54) is 6.07 Å². The number of hydrogen-bond acceptors (Lipinski definition) is 2. The molecular weight excluding hydrogens is 233 g/mol. The van der Waals surface area contributed by atoms with Crippen molar-refractivity contribution in [3.05, 3.63) is 29.6 Å². The Bertz CT molecular complexity index is 341. The molecule has 0 fully saturated rings. The third kappa shape index (κ3) is 4.68. The molecule has 1 aromatic rings. The summed E-state index contributed by atoms with van der Waals surface area (Å²) in [7, 11) is 0. The van der Waals surface area contributed by atoms with Crippen LogP contribution >= 0.6 is 11.8 Å². The van der Waals surface area contributed by atoms with Gasteiger partial charge in [-0.1, -0.05) is 32.4 Å². The van der Waals surface area contributed by atoms with Gasteiger partial charge < -0.3 is 5.73 Å². The maximum absolute atomic E-state index is 13.8. The molecular formula is C14H22FNS. The lowest BCUT2D eigenvalue weighted by molar-refractivity contribution is 0.585. The van der Waals surface area contributed by atoms with Crippen LogP contribution in [0.25, 0.3) is 0 Å². The summed E-state index contributed by atoms with van der Waals surface area (Å²) in [4.78, 5) is 0.796. The Morgan fingerprint density at radius 1 is 1.35 bits per heavy atom. The average Bonchev–Trinajstić information content (AvgIpc) is 2.32. The zero-order valence-electron chi connectivity index (χ0n) is 10.7. The molecule has 0 saturated heterocycles. The van der Waals surface area contributed by atoms with Gasteiger partial charge in [-0.05, 0) is 36.6 Å². The van der Waals surface area contributed by atoms with Crippen molar-refractivity contribution < 1.29 is 4.39 Å². The van der Waals surface area contributed by atoms with Crippen LogP contribution in [0.1, 0.15) is 38.7 Å². The number of unbranched alkanes of at least 4 members (excludes halogenated alkanes) is 1. The fourth-order valence-corrected chi connectivity index (χ4v) is 2.80. The fourth-order valence-electron chi connectivity index (χ4n) is 1.62. The maximum atomic E-state index is 13.8. The predicted octanol–water partition coefficient (Wildman–Crippen LogP) is 4.00. The molecule has 0 aliphatic rings. The van der Waals surface area contributed by atoms with E-state index in [-0.39, 0.29) is 11.9 Å². The van der Waals surface area contributed by atoms with E-state index in [2.05, 4.69) is 13.8 Å². The molecule has 0 bridgehead atoms. The van der Waals surface area contributed by atoms with Gasteiger partial charge in [-0.3, -0.25) is 0 Å². The second-order valence-corrected chi connectivity index (χ2v) is 5.41. The van der Waals surface area contributed by atoms with Crippen LogP contribution in [0, 0.1) is 5.82 Å². The van der Waals surface area contributed by atoms with E-state index in [9.17, 15) is 4.39 Å². The molecule has 0 aliphatic heterocycles. The van der Waals surface area contributed by atoms with Crippen molar-refractivity contribution in [1.29, 1.82) is 0 Å². The topological polar surface area (TPSA) is 26.0 Å². The van der Waals surface area contributed by atoms with Gasteiger partial charge in [0.15, 0.2) is 0 Å². The van der Waals surface area contributed by atoms with Crippen LogP contribution in [-0.2, 0) is 6.42 Å². The first-order chi connectivity index (χ1) is 8.19. The van der Waals surface area contributed by atoms with Gasteiger partial charge in [0.05, 0.1) is 0 Å². The summed E-state index contributed by atoms with van der Waals surface area (Å²) in [5.41, 5.74) is 7.00. The van der Waals surface area contributed by atoms with Gasteiger partial charge >= 0.3 is 0 Å². The third-order valence-corrected chi connectivity index (χ3v) is 4.04. The maximum Gasteiger partial charge on any atom is 0.137 e. The molecule has 1 aromatic carbocycles. The van der Waals surface area contributed by atoms with Crippen molar-refractivity contribution >= 4 is 11.8 Å². The number of hydrogen-bond donors (Lipinski definition) is 1. The molecule has 0 spiro atoms. The third-order valence-electron chi connectivity index (χ3n) is 2.80. The van der Waals surface area contributed by atoms with E-state index in [1.807, 2.05) is 6.07 Å². The first kappa shape index (κ1) is 14.5. The molecule has 0 radical (unpaired) electrons. The van der Waals surface area contributed by atoms with E-state index in [4.69, 9.17) is 5.73 Å². The lowest BCUT2D eigenvalue weighted by atomic mass is 10.0. The van der Waals surface area contributed by atoms with Crippen LogP contribution in [0.2, 0.25) is 0 Å². The second-order valence-electron chi connectivity index (χ2n) is 4.30. The number of nitrogens with two attached hydrogens (primary N) is 1. The lowest BCUT2D eigenvalue weighted by Gasteiger charge is -2.13. The van der Waals surface area contributed by atoms with E-state index in [1.54, 1.807) is 17.8 Å². The Morgan fingerprint density at radius 2 is 2.12 bits per heavy atom. The van der Waals surface area contributed by atoms with Crippen LogP contribution in [-0.4, -0.2) is 11.8 Å². The van der Waals surface area contributed by atoms with Crippen molar-refractivity contribution in [2.24, 2.45) is 5.73 Å². The molecule has 0 saturated carbocycles. The van der Waals surface area contributed by atoms with Crippen LogP contribution in [0.15, 0.2) is 23.1 Å². The minimum Gasteiger partial charge on any atom is -0.327 e. The van der Waals surface area contributed by atoms with E-state index >= 15 is 0 Å². The minimum absolute atomic E-state index is 0.105. The van der Waals surface area contributed by atoms with Crippen molar-refractivity contribution in [3.8, 4) is 0 Å². The smallest absolute Gasteiger partial charge is 0.137 e. The summed E-state index contributed by atoms with van der Waals surface area (Å²) < 4.78 is 13.8. The molecule has 17 heavy (non-hydrogen) atoms. The van der Waals surface area contributed by atoms with Gasteiger partial charge in [-0.2, -0.15) is 0 Å². The summed E-state index contributed by atoms with van der Waals surface area (Å²) >= 11 is 1.62. The zero-order chi connectivity index (χ0) is 12.7. The first-order valence-corrected chi connectivity index (χ1v) is 7.33. The summed E-state index contributed by atoms with van der Waals surface area (Å²) in [5, 5.41) is 0. The molecule has 0 aliphatic carbocycles. The van der Waals surface area contributed by atoms with Crippen LogP contribution < -0.4 is 5.73 Å². The molecule has 1 unspecified atom stereocenters. The van der Waals surface area contributed by atoms with Crippen molar-refractivity contribution in [2.75, 3.05) is 5.75 Å². The zero-order valence-corrected chi connectivity index (χ0v) is 11.5. The van der Waals surface area contributed by atoms with Crippen LogP contribution in [0.5, 0.6) is 0 Å². The molecule has 0 heterocycles. The van der Waals surface area contributed by atoms with E-state index in [0.717, 1.165) is 41.9 Å². The normalized spacial score (nSPS) is 12.7. The average molecular weight is 255 g/mol. The highest BCUT2D eigenvalue weighted by Crippen LogP contribution is 2.28. The fraction of sp³-hybridized carbons (Fsp3) is 0.571. The van der Waals surface area contributed by atoms with Crippen molar-refractivity contribution in [1.82, 2.24) is 0 Å². The molecule has 1 atom stereocenters. The van der Waals surface area contributed by atoms with Crippen LogP contribution in [0.4, 0.5) is 4.39 Å². The van der Waals surface area contributed by atoms with Gasteiger partial charge in [0, 0.05) is 10.9 Å². The molecule has 2 N–H and O–H groups in total. The number of rotatable bonds is 7. The van der Waals surface area contributed by atoms with Gasteiger partial charge in [0.2, 0.25) is 0 Å². The molecule has 0 amide bonds. The first-order valence-electron chi connectivity index (χ1n) is 6.34. The van der Waals surface area contributed by atoms with Crippen molar-refractivity contribution in [3.63, 3.8) is 0 Å². The SMILES string of the molecule is CCCCSc1c(F)cccc1CC(N)CC. The van der Waals surface area contributed by atoms with Crippen molar-refractivity contribution in [2.45, 2.75) is 50.5 Å². The Kier molecular flexibility index (Phi) is 6.60. The lowest BCUT2D eigenvalue weighted by Crippen LogP contribution is -2.21. The summed E-state index contributed by atoms with van der Waals surface area (Å²) in [6.45, 7) is 4.21. The Hall–Kier alpha value is -0.540. The van der Waals surface area contributed by atoms with Gasteiger partial charge in [0.1, 0.15) is 5.82 Å². The second kappa shape index (κ2) is 7.72. The Balaban J connectivity index is 2.76. The molecule has 0 aromatic heterocycles. The molecule has 96 valence electrons. The Labute approximate surface area is 108 Å². The van der Waals surface area contributed by atoms with Crippen LogP contribution in [0.3, 0.4) is 0 Å². The van der Waals surface area contributed by atoms with Gasteiger partial charge in [-0.15, -0.1) is 11.8 Å². The largest absolute Gasteiger partial charge is 0.327 e. The number of halogens is 1. The van der Waals surface area contributed by atoms with Gasteiger partial charge in [0.25, 0.3) is 0 Å². The number of thioether (sulfide) groups is 1.